The Hall–Kier alpha value is -3.40. The van der Waals surface area contributed by atoms with Crippen molar-refractivity contribution in [1.29, 1.82) is 0 Å². The van der Waals surface area contributed by atoms with E-state index in [4.69, 9.17) is 4.74 Å². The average Bonchev–Trinajstić information content (AvgIpc) is 2.68. The largest absolute Gasteiger partial charge is 0.549 e. The molecule has 0 spiro atoms. The number of carboxylic acid groups (broad SMARTS) is 1. The van der Waals surface area contributed by atoms with Crippen molar-refractivity contribution in [2.45, 2.75) is 12.0 Å². The van der Waals surface area contributed by atoms with E-state index < -0.39 is 24.0 Å². The van der Waals surface area contributed by atoms with Gasteiger partial charge in [-0.05, 0) is 16.7 Å². The van der Waals surface area contributed by atoms with Crippen LogP contribution < -0.4 is 5.11 Å². The minimum absolute atomic E-state index is 0.331. The van der Waals surface area contributed by atoms with Gasteiger partial charge in [0.1, 0.15) is 5.92 Å². The second-order valence-electron chi connectivity index (χ2n) is 5.80. The molecule has 0 saturated heterocycles. The van der Waals surface area contributed by atoms with E-state index in [1.54, 1.807) is 30.3 Å². The zero-order valence-electron chi connectivity index (χ0n) is 13.9. The highest BCUT2D eigenvalue weighted by atomic mass is 16.5. The minimum Gasteiger partial charge on any atom is -0.549 e. The molecule has 0 amide bonds. The van der Waals surface area contributed by atoms with Crippen molar-refractivity contribution in [2.75, 3.05) is 0 Å². The number of carboxylic acids is 1. The number of aliphatic carboxylic acids is 1. The summed E-state index contributed by atoms with van der Waals surface area (Å²) in [5, 5.41) is 11.6. The Balaban J connectivity index is 1.93. The highest BCUT2D eigenvalue weighted by Crippen LogP contribution is 2.28. The predicted molar refractivity (Wildman–Crippen MR) is 95.0 cm³/mol. The number of esters is 1. The second-order valence-corrected chi connectivity index (χ2v) is 5.80. The lowest BCUT2D eigenvalue weighted by Crippen LogP contribution is -2.36. The molecule has 0 saturated carbocycles. The van der Waals surface area contributed by atoms with Crippen molar-refractivity contribution in [3.05, 3.63) is 108 Å². The second kappa shape index (κ2) is 8.12. The zero-order valence-corrected chi connectivity index (χ0v) is 13.9. The van der Waals surface area contributed by atoms with Crippen LogP contribution in [0.4, 0.5) is 0 Å². The maximum Gasteiger partial charge on any atom is 0.320 e. The fraction of sp³-hybridized carbons (Fsp3) is 0.0909. The van der Waals surface area contributed by atoms with Crippen molar-refractivity contribution in [3.63, 3.8) is 0 Å². The van der Waals surface area contributed by atoms with E-state index in [2.05, 4.69) is 0 Å². The maximum atomic E-state index is 12.7. The molecule has 3 aromatic rings. The maximum absolute atomic E-state index is 12.7. The number of carbonyl (C=O) groups excluding carboxylic acids is 2. The van der Waals surface area contributed by atoms with Crippen molar-refractivity contribution >= 4 is 11.9 Å². The van der Waals surface area contributed by atoms with Crippen LogP contribution in [-0.4, -0.2) is 11.9 Å². The highest BCUT2D eigenvalue weighted by Gasteiger charge is 2.27. The average molecular weight is 345 g/mol. The minimum atomic E-state index is -1.49. The van der Waals surface area contributed by atoms with Gasteiger partial charge in [0.2, 0.25) is 0 Å². The van der Waals surface area contributed by atoms with E-state index in [0.717, 1.165) is 11.1 Å². The smallest absolute Gasteiger partial charge is 0.320 e. The van der Waals surface area contributed by atoms with Gasteiger partial charge in [-0.1, -0.05) is 91.0 Å². The molecule has 0 aliphatic carbocycles. The molecule has 3 rings (SSSR count). The molecule has 1 atom stereocenters. The van der Waals surface area contributed by atoms with Gasteiger partial charge < -0.3 is 14.6 Å². The van der Waals surface area contributed by atoms with Crippen LogP contribution in [0.15, 0.2) is 91.0 Å². The molecular weight excluding hydrogens is 328 g/mol. The van der Waals surface area contributed by atoms with Gasteiger partial charge in [-0.3, -0.25) is 4.79 Å². The fourth-order valence-corrected chi connectivity index (χ4v) is 2.78. The summed E-state index contributed by atoms with van der Waals surface area (Å²) >= 11 is 0. The Morgan fingerprint density at radius 1 is 0.654 bits per heavy atom. The third kappa shape index (κ3) is 3.98. The van der Waals surface area contributed by atoms with E-state index in [-0.39, 0.29) is 0 Å². The van der Waals surface area contributed by atoms with Gasteiger partial charge in [0, 0.05) is 0 Å². The van der Waals surface area contributed by atoms with E-state index in [1.807, 2.05) is 60.7 Å². The Kier molecular flexibility index (Phi) is 5.44. The summed E-state index contributed by atoms with van der Waals surface area (Å²) in [7, 11) is 0. The lowest BCUT2D eigenvalue weighted by Gasteiger charge is -2.23. The van der Waals surface area contributed by atoms with Gasteiger partial charge in [0.15, 0.2) is 6.10 Å². The summed E-state index contributed by atoms with van der Waals surface area (Å²) in [4.78, 5) is 24.3. The summed E-state index contributed by atoms with van der Waals surface area (Å²) < 4.78 is 5.64. The lowest BCUT2D eigenvalue weighted by molar-refractivity contribution is -0.307. The van der Waals surface area contributed by atoms with Crippen LogP contribution in [-0.2, 0) is 14.3 Å². The van der Waals surface area contributed by atoms with Gasteiger partial charge in [0.25, 0.3) is 0 Å². The Labute approximate surface area is 151 Å². The Bertz CT molecular complexity index is 821. The molecule has 26 heavy (non-hydrogen) atoms. The number of hydrogen-bond donors (Lipinski definition) is 0. The van der Waals surface area contributed by atoms with Crippen LogP contribution in [0, 0.1) is 0 Å². The van der Waals surface area contributed by atoms with Crippen LogP contribution in [0.5, 0.6) is 0 Å². The quantitative estimate of drug-likeness (QED) is 0.509. The highest BCUT2D eigenvalue weighted by molar-refractivity contribution is 5.99. The first-order valence-electron chi connectivity index (χ1n) is 8.23. The van der Waals surface area contributed by atoms with E-state index in [9.17, 15) is 14.7 Å². The van der Waals surface area contributed by atoms with E-state index in [0.29, 0.717) is 5.56 Å². The third-order valence-corrected chi connectivity index (χ3v) is 4.04. The topological polar surface area (TPSA) is 66.4 Å². The molecule has 0 N–H and O–H groups in total. The molecule has 0 fully saturated rings. The molecule has 0 radical (unpaired) electrons. The zero-order chi connectivity index (χ0) is 18.4. The van der Waals surface area contributed by atoms with Crippen LogP contribution in [0.2, 0.25) is 0 Å². The fourth-order valence-electron chi connectivity index (χ4n) is 2.78. The van der Waals surface area contributed by atoms with Crippen LogP contribution in [0.1, 0.15) is 28.7 Å². The Morgan fingerprint density at radius 3 is 1.42 bits per heavy atom. The lowest BCUT2D eigenvalue weighted by atomic mass is 9.98. The van der Waals surface area contributed by atoms with Crippen molar-refractivity contribution in [3.8, 4) is 0 Å². The summed E-state index contributed by atoms with van der Waals surface area (Å²) in [5.41, 5.74) is 1.85. The van der Waals surface area contributed by atoms with E-state index >= 15 is 0 Å². The standard InChI is InChI=1S/C22H18O4/c23-21(24)19(16-10-4-1-5-11-16)22(25)26-20(17-12-6-2-7-13-17)18-14-8-3-9-15-18/h1-15,19-20H,(H,23,24)/p-1. The van der Waals surface area contributed by atoms with Gasteiger partial charge in [-0.25, -0.2) is 0 Å². The van der Waals surface area contributed by atoms with E-state index in [1.165, 1.54) is 0 Å². The molecule has 0 bridgehead atoms. The molecule has 0 aliphatic heterocycles. The SMILES string of the molecule is O=C([O-])C(C(=O)OC(c1ccccc1)c1ccccc1)c1ccccc1. The van der Waals surface area contributed by atoms with Crippen LogP contribution in [0.25, 0.3) is 0 Å². The Morgan fingerprint density at radius 2 is 1.04 bits per heavy atom. The first-order valence-corrected chi connectivity index (χ1v) is 8.23. The predicted octanol–water partition coefficient (Wildman–Crippen LogP) is 2.85. The monoisotopic (exact) mass is 345 g/mol. The molecule has 0 heterocycles. The van der Waals surface area contributed by atoms with Gasteiger partial charge in [-0.15, -0.1) is 0 Å². The number of rotatable bonds is 6. The van der Waals surface area contributed by atoms with Crippen molar-refractivity contribution in [2.24, 2.45) is 0 Å². The first-order chi connectivity index (χ1) is 12.7. The summed E-state index contributed by atoms with van der Waals surface area (Å²) in [6.45, 7) is 0. The molecule has 0 aliphatic rings. The number of benzene rings is 3. The number of carbonyl (C=O) groups is 2. The molecule has 4 nitrogen and oxygen atoms in total. The number of ether oxygens (including phenoxy) is 1. The van der Waals surface area contributed by atoms with Crippen LogP contribution in [0.3, 0.4) is 0 Å². The van der Waals surface area contributed by atoms with Gasteiger partial charge >= 0.3 is 5.97 Å². The first kappa shape index (κ1) is 17.4. The molecule has 3 aromatic carbocycles. The molecule has 130 valence electrons. The van der Waals surface area contributed by atoms with Gasteiger partial charge in [0.05, 0.1) is 5.97 Å². The third-order valence-electron chi connectivity index (χ3n) is 4.04. The van der Waals surface area contributed by atoms with Crippen molar-refractivity contribution in [1.82, 2.24) is 0 Å². The summed E-state index contributed by atoms with van der Waals surface area (Å²) in [5.74, 6) is -3.82. The summed E-state index contributed by atoms with van der Waals surface area (Å²) in [6.07, 6.45) is -0.699. The molecule has 1 unspecified atom stereocenters. The van der Waals surface area contributed by atoms with Crippen molar-refractivity contribution < 1.29 is 19.4 Å². The number of hydrogen-bond acceptors (Lipinski definition) is 4. The van der Waals surface area contributed by atoms with Crippen LogP contribution >= 0.6 is 0 Å². The summed E-state index contributed by atoms with van der Waals surface area (Å²) in [6, 6.07) is 26.7. The normalized spacial score (nSPS) is 11.7. The molecule has 4 heteroatoms. The van der Waals surface area contributed by atoms with Gasteiger partial charge in [-0.2, -0.15) is 0 Å². The molecule has 0 aromatic heterocycles. The molecular formula is C22H17O4-.